The van der Waals surface area contributed by atoms with Crippen LogP contribution in [0.4, 0.5) is 0 Å². The SMILES string of the molecule is COc1ccc2c(=O)nc(CCN)oc2c1. The highest BCUT2D eigenvalue weighted by Crippen LogP contribution is 2.18. The van der Waals surface area contributed by atoms with Crippen LogP contribution in [0.15, 0.2) is 27.4 Å². The van der Waals surface area contributed by atoms with E-state index < -0.39 is 0 Å². The van der Waals surface area contributed by atoms with Gasteiger partial charge in [-0.05, 0) is 12.1 Å². The first kappa shape index (κ1) is 10.6. The zero-order valence-corrected chi connectivity index (χ0v) is 8.90. The average Bonchev–Trinajstić information content (AvgIpc) is 2.28. The van der Waals surface area contributed by atoms with Gasteiger partial charge in [-0.15, -0.1) is 0 Å². The minimum Gasteiger partial charge on any atom is -0.497 e. The predicted octanol–water partition coefficient (Wildman–Crippen LogP) is 0.698. The fourth-order valence-corrected chi connectivity index (χ4v) is 1.44. The molecule has 5 heteroatoms. The van der Waals surface area contributed by atoms with Crippen LogP contribution in [0.3, 0.4) is 0 Å². The zero-order chi connectivity index (χ0) is 11.5. The van der Waals surface area contributed by atoms with Crippen molar-refractivity contribution in [2.75, 3.05) is 13.7 Å². The highest BCUT2D eigenvalue weighted by Gasteiger charge is 2.06. The summed E-state index contributed by atoms with van der Waals surface area (Å²) in [6, 6.07) is 5.00. The van der Waals surface area contributed by atoms with Crippen molar-refractivity contribution in [3.63, 3.8) is 0 Å². The van der Waals surface area contributed by atoms with Crippen LogP contribution in [-0.2, 0) is 6.42 Å². The van der Waals surface area contributed by atoms with Crippen LogP contribution in [0.2, 0.25) is 0 Å². The van der Waals surface area contributed by atoms with Crippen molar-refractivity contribution in [2.45, 2.75) is 6.42 Å². The van der Waals surface area contributed by atoms with Crippen LogP contribution < -0.4 is 16.0 Å². The summed E-state index contributed by atoms with van der Waals surface area (Å²) in [6.45, 7) is 0.394. The van der Waals surface area contributed by atoms with Crippen molar-refractivity contribution in [1.82, 2.24) is 4.98 Å². The molecule has 2 rings (SSSR count). The van der Waals surface area contributed by atoms with Gasteiger partial charge < -0.3 is 14.9 Å². The first-order valence-electron chi connectivity index (χ1n) is 4.92. The first-order chi connectivity index (χ1) is 7.74. The summed E-state index contributed by atoms with van der Waals surface area (Å²) in [5, 5.41) is 0.446. The van der Waals surface area contributed by atoms with Crippen molar-refractivity contribution in [1.29, 1.82) is 0 Å². The summed E-state index contributed by atoms with van der Waals surface area (Å²) in [6.07, 6.45) is 0.447. The lowest BCUT2D eigenvalue weighted by Crippen LogP contribution is -2.12. The molecule has 0 spiro atoms. The molecule has 2 aromatic rings. The van der Waals surface area contributed by atoms with E-state index in [0.29, 0.717) is 35.6 Å². The molecule has 1 aromatic carbocycles. The molecular weight excluding hydrogens is 208 g/mol. The molecule has 1 aromatic heterocycles. The summed E-state index contributed by atoms with van der Waals surface area (Å²) in [5.41, 5.74) is 5.56. The maximum Gasteiger partial charge on any atom is 0.283 e. The van der Waals surface area contributed by atoms with E-state index in [2.05, 4.69) is 4.98 Å². The van der Waals surface area contributed by atoms with Gasteiger partial charge in [-0.2, -0.15) is 4.98 Å². The second-order valence-electron chi connectivity index (χ2n) is 3.31. The van der Waals surface area contributed by atoms with E-state index >= 15 is 0 Å². The molecule has 0 saturated carbocycles. The Morgan fingerprint density at radius 3 is 3.00 bits per heavy atom. The van der Waals surface area contributed by atoms with E-state index in [1.165, 1.54) is 0 Å². The van der Waals surface area contributed by atoms with Gasteiger partial charge in [-0.25, -0.2) is 0 Å². The highest BCUT2D eigenvalue weighted by molar-refractivity contribution is 5.76. The third kappa shape index (κ3) is 1.90. The molecule has 0 aliphatic heterocycles. The number of hydrogen-bond donors (Lipinski definition) is 1. The monoisotopic (exact) mass is 220 g/mol. The lowest BCUT2D eigenvalue weighted by atomic mass is 10.2. The number of fused-ring (bicyclic) bond motifs is 1. The number of hydrogen-bond acceptors (Lipinski definition) is 5. The Hall–Kier alpha value is -1.88. The Morgan fingerprint density at radius 2 is 2.31 bits per heavy atom. The molecule has 84 valence electrons. The molecule has 0 radical (unpaired) electrons. The number of nitrogens with zero attached hydrogens (tertiary/aromatic N) is 1. The van der Waals surface area contributed by atoms with Crippen molar-refractivity contribution in [2.24, 2.45) is 5.73 Å². The van der Waals surface area contributed by atoms with Crippen molar-refractivity contribution >= 4 is 11.0 Å². The number of benzene rings is 1. The molecular formula is C11H12N2O3. The van der Waals surface area contributed by atoms with Gasteiger partial charge >= 0.3 is 0 Å². The van der Waals surface area contributed by atoms with E-state index in [4.69, 9.17) is 14.9 Å². The number of ether oxygens (including phenoxy) is 1. The second-order valence-corrected chi connectivity index (χ2v) is 3.31. The summed E-state index contributed by atoms with van der Waals surface area (Å²) in [5.74, 6) is 0.994. The van der Waals surface area contributed by atoms with Gasteiger partial charge in [0.1, 0.15) is 11.3 Å². The van der Waals surface area contributed by atoms with Gasteiger partial charge in [0.05, 0.1) is 12.5 Å². The van der Waals surface area contributed by atoms with Gasteiger partial charge in [0.25, 0.3) is 5.56 Å². The Bertz CT molecular complexity index is 563. The Kier molecular flexibility index (Phi) is 2.87. The van der Waals surface area contributed by atoms with Crippen LogP contribution in [-0.4, -0.2) is 18.6 Å². The smallest absolute Gasteiger partial charge is 0.283 e. The molecule has 0 aliphatic carbocycles. The second kappa shape index (κ2) is 4.32. The lowest BCUT2D eigenvalue weighted by molar-refractivity contribution is 0.413. The van der Waals surface area contributed by atoms with E-state index in [0.717, 1.165) is 0 Å². The largest absolute Gasteiger partial charge is 0.497 e. The number of aromatic nitrogens is 1. The normalized spacial score (nSPS) is 10.6. The van der Waals surface area contributed by atoms with Crippen LogP contribution in [0.5, 0.6) is 5.75 Å². The topological polar surface area (TPSA) is 78.3 Å². The molecule has 16 heavy (non-hydrogen) atoms. The standard InChI is InChI=1S/C11H12N2O3/c1-15-7-2-3-8-9(6-7)16-10(4-5-12)13-11(8)14/h2-3,6H,4-5,12H2,1H3. The van der Waals surface area contributed by atoms with Gasteiger partial charge in [-0.3, -0.25) is 4.79 Å². The molecule has 0 aliphatic rings. The summed E-state index contributed by atoms with van der Waals surface area (Å²) >= 11 is 0. The molecule has 5 nitrogen and oxygen atoms in total. The number of methoxy groups -OCH3 is 1. The van der Waals surface area contributed by atoms with Crippen molar-refractivity contribution in [3.05, 3.63) is 34.4 Å². The highest BCUT2D eigenvalue weighted by atomic mass is 16.5. The zero-order valence-electron chi connectivity index (χ0n) is 8.90. The van der Waals surface area contributed by atoms with Gasteiger partial charge in [0.2, 0.25) is 0 Å². The van der Waals surface area contributed by atoms with Gasteiger partial charge in [0, 0.05) is 19.0 Å². The average molecular weight is 220 g/mol. The Labute approximate surface area is 91.8 Å². The lowest BCUT2D eigenvalue weighted by Gasteiger charge is -2.02. The van der Waals surface area contributed by atoms with E-state index in [9.17, 15) is 4.79 Å². The molecule has 0 saturated heterocycles. The Morgan fingerprint density at radius 1 is 1.50 bits per heavy atom. The maximum atomic E-state index is 11.6. The molecule has 0 bridgehead atoms. The van der Waals surface area contributed by atoms with Crippen molar-refractivity contribution < 1.29 is 9.15 Å². The maximum absolute atomic E-state index is 11.6. The van der Waals surface area contributed by atoms with Crippen LogP contribution in [0, 0.1) is 0 Å². The van der Waals surface area contributed by atoms with Crippen LogP contribution >= 0.6 is 0 Å². The molecule has 0 unspecified atom stereocenters. The number of nitrogens with two attached hydrogens (primary N) is 1. The molecule has 0 atom stereocenters. The van der Waals surface area contributed by atoms with E-state index in [1.807, 2.05) is 0 Å². The molecule has 1 heterocycles. The van der Waals surface area contributed by atoms with Gasteiger partial charge in [-0.1, -0.05) is 0 Å². The van der Waals surface area contributed by atoms with Crippen LogP contribution in [0.1, 0.15) is 5.89 Å². The summed E-state index contributed by atoms with van der Waals surface area (Å²) in [7, 11) is 1.56. The molecule has 0 fully saturated rings. The number of rotatable bonds is 3. The minimum atomic E-state index is -0.299. The first-order valence-corrected chi connectivity index (χ1v) is 4.92. The van der Waals surface area contributed by atoms with Gasteiger partial charge in [0.15, 0.2) is 5.89 Å². The summed E-state index contributed by atoms with van der Waals surface area (Å²) in [4.78, 5) is 15.4. The fraction of sp³-hybridized carbons (Fsp3) is 0.273. The van der Waals surface area contributed by atoms with Crippen molar-refractivity contribution in [3.8, 4) is 5.75 Å². The minimum absolute atomic E-state index is 0.299. The summed E-state index contributed by atoms with van der Waals surface area (Å²) < 4.78 is 10.5. The predicted molar refractivity (Wildman–Crippen MR) is 59.6 cm³/mol. The molecule has 2 N–H and O–H groups in total. The third-order valence-electron chi connectivity index (χ3n) is 2.23. The van der Waals surface area contributed by atoms with E-state index in [1.54, 1.807) is 25.3 Å². The third-order valence-corrected chi connectivity index (χ3v) is 2.23. The quantitative estimate of drug-likeness (QED) is 0.823. The van der Waals surface area contributed by atoms with Crippen LogP contribution in [0.25, 0.3) is 11.0 Å². The van der Waals surface area contributed by atoms with E-state index in [-0.39, 0.29) is 5.56 Å². The molecule has 0 amide bonds. The fourth-order valence-electron chi connectivity index (χ4n) is 1.44. The Balaban J connectivity index is 2.63.